The molecule has 1 fully saturated rings. The molecule has 140 valence electrons. The number of hydrogen-bond acceptors (Lipinski definition) is 4. The van der Waals surface area contributed by atoms with Crippen LogP contribution < -0.4 is 5.32 Å². The zero-order chi connectivity index (χ0) is 19.4. The van der Waals surface area contributed by atoms with E-state index in [-0.39, 0.29) is 17.3 Å². The van der Waals surface area contributed by atoms with Gasteiger partial charge in [-0.05, 0) is 55.3 Å². The van der Waals surface area contributed by atoms with Crippen molar-refractivity contribution in [3.8, 4) is 6.07 Å². The van der Waals surface area contributed by atoms with Gasteiger partial charge in [-0.2, -0.15) is 9.57 Å². The molecule has 8 heteroatoms. The Morgan fingerprint density at radius 3 is 2.67 bits per heavy atom. The number of hydrogen-bond donors (Lipinski definition) is 1. The second-order valence-electron chi connectivity index (χ2n) is 6.34. The minimum Gasteiger partial charge on any atom is -0.326 e. The normalized spacial score (nSPS) is 17.9. The molecule has 1 heterocycles. The third-order valence-electron chi connectivity index (χ3n) is 4.47. The van der Waals surface area contributed by atoms with Gasteiger partial charge < -0.3 is 5.32 Å². The second-order valence-corrected chi connectivity index (χ2v) is 9.19. The van der Waals surface area contributed by atoms with E-state index >= 15 is 0 Å². The molecule has 0 bridgehead atoms. The van der Waals surface area contributed by atoms with Crippen LogP contribution in [0.2, 0.25) is 0 Å². The molecule has 0 spiro atoms. The fourth-order valence-corrected chi connectivity index (χ4v) is 4.83. The Kier molecular flexibility index (Phi) is 5.95. The SMILES string of the molecule is N#Cc1cccc(NC(=O)[C@H]2CCCN(S(=O)(=O)c3ccc(Br)cc3)C2)c1. The number of piperidine rings is 1. The van der Waals surface area contributed by atoms with Gasteiger partial charge in [-0.3, -0.25) is 4.79 Å². The van der Waals surface area contributed by atoms with Gasteiger partial charge in [-0.25, -0.2) is 8.42 Å². The molecule has 0 radical (unpaired) electrons. The van der Waals surface area contributed by atoms with Crippen molar-refractivity contribution in [3.05, 3.63) is 58.6 Å². The maximum absolute atomic E-state index is 12.9. The number of nitrogens with one attached hydrogen (secondary N) is 1. The quantitative estimate of drug-likeness (QED) is 0.777. The van der Waals surface area contributed by atoms with E-state index < -0.39 is 15.9 Å². The summed E-state index contributed by atoms with van der Waals surface area (Å²) in [6.45, 7) is 0.536. The van der Waals surface area contributed by atoms with Crippen molar-refractivity contribution in [3.63, 3.8) is 0 Å². The number of rotatable bonds is 4. The summed E-state index contributed by atoms with van der Waals surface area (Å²) in [6, 6.07) is 15.1. The molecule has 1 aliphatic heterocycles. The second kappa shape index (κ2) is 8.21. The van der Waals surface area contributed by atoms with Gasteiger partial charge in [0.05, 0.1) is 22.4 Å². The van der Waals surface area contributed by atoms with Crippen molar-refractivity contribution >= 4 is 37.5 Å². The Morgan fingerprint density at radius 1 is 1.22 bits per heavy atom. The van der Waals surface area contributed by atoms with E-state index in [1.165, 1.54) is 4.31 Å². The van der Waals surface area contributed by atoms with E-state index in [2.05, 4.69) is 21.2 Å². The Bertz CT molecular complexity index is 984. The molecule has 0 aromatic heterocycles. The predicted octanol–water partition coefficient (Wildman–Crippen LogP) is 3.36. The largest absolute Gasteiger partial charge is 0.326 e. The molecule has 6 nitrogen and oxygen atoms in total. The number of amides is 1. The first-order valence-electron chi connectivity index (χ1n) is 8.47. The number of nitrogens with zero attached hydrogens (tertiary/aromatic N) is 2. The van der Waals surface area contributed by atoms with Crippen LogP contribution in [0, 0.1) is 17.2 Å². The maximum atomic E-state index is 12.9. The minimum atomic E-state index is -3.64. The number of carbonyl (C=O) groups excluding carboxylic acids is 1. The summed E-state index contributed by atoms with van der Waals surface area (Å²) >= 11 is 3.30. The van der Waals surface area contributed by atoms with Gasteiger partial charge in [-0.15, -0.1) is 0 Å². The summed E-state index contributed by atoms with van der Waals surface area (Å²) in [4.78, 5) is 12.8. The van der Waals surface area contributed by atoms with E-state index in [0.29, 0.717) is 30.6 Å². The minimum absolute atomic E-state index is 0.141. The number of sulfonamides is 1. The van der Waals surface area contributed by atoms with Crippen LogP contribution in [0.3, 0.4) is 0 Å². The summed E-state index contributed by atoms with van der Waals surface area (Å²) in [5.74, 6) is -0.671. The molecule has 2 aromatic rings. The van der Waals surface area contributed by atoms with Crippen molar-refractivity contribution in [2.24, 2.45) is 5.92 Å². The van der Waals surface area contributed by atoms with Crippen molar-refractivity contribution in [1.29, 1.82) is 5.26 Å². The Balaban J connectivity index is 1.72. The van der Waals surface area contributed by atoms with Crippen LogP contribution in [0.25, 0.3) is 0 Å². The smallest absolute Gasteiger partial charge is 0.243 e. The van der Waals surface area contributed by atoms with Crippen molar-refractivity contribution < 1.29 is 13.2 Å². The third kappa shape index (κ3) is 4.56. The zero-order valence-electron chi connectivity index (χ0n) is 14.4. The van der Waals surface area contributed by atoms with Gasteiger partial charge in [0.1, 0.15) is 0 Å². The number of carbonyl (C=O) groups is 1. The first-order valence-corrected chi connectivity index (χ1v) is 10.7. The molecule has 1 aliphatic rings. The standard InChI is InChI=1S/C19H18BrN3O3S/c20-16-6-8-18(9-7-16)27(25,26)23-10-2-4-15(13-23)19(24)22-17-5-1-3-14(11-17)12-21/h1,3,5-9,11,15H,2,4,10,13H2,(H,22,24)/t15-/m0/s1. The molecule has 1 saturated heterocycles. The van der Waals surface area contributed by atoms with Crippen molar-refractivity contribution in [2.45, 2.75) is 17.7 Å². The van der Waals surface area contributed by atoms with Crippen LogP contribution in [-0.4, -0.2) is 31.7 Å². The molecule has 0 aliphatic carbocycles. The van der Waals surface area contributed by atoms with Crippen LogP contribution in [0.4, 0.5) is 5.69 Å². The lowest BCUT2D eigenvalue weighted by atomic mass is 9.98. The van der Waals surface area contributed by atoms with Crippen molar-refractivity contribution in [2.75, 3.05) is 18.4 Å². The third-order valence-corrected chi connectivity index (χ3v) is 6.87. The van der Waals surface area contributed by atoms with E-state index in [1.54, 1.807) is 48.5 Å². The molecule has 3 rings (SSSR count). The summed E-state index contributed by atoms with van der Waals surface area (Å²) in [5, 5.41) is 11.7. The van der Waals surface area contributed by atoms with Gasteiger partial charge >= 0.3 is 0 Å². The highest BCUT2D eigenvalue weighted by molar-refractivity contribution is 9.10. The number of halogens is 1. The van der Waals surface area contributed by atoms with Gasteiger partial charge in [0, 0.05) is 23.2 Å². The lowest BCUT2D eigenvalue weighted by Gasteiger charge is -2.31. The summed E-state index contributed by atoms with van der Waals surface area (Å²) < 4.78 is 27.9. The fourth-order valence-electron chi connectivity index (χ4n) is 3.04. The average molecular weight is 448 g/mol. The average Bonchev–Trinajstić information content (AvgIpc) is 2.68. The topological polar surface area (TPSA) is 90.3 Å². The molecule has 0 saturated carbocycles. The monoisotopic (exact) mass is 447 g/mol. The van der Waals surface area contributed by atoms with E-state index in [9.17, 15) is 13.2 Å². The number of benzene rings is 2. The summed E-state index contributed by atoms with van der Waals surface area (Å²) in [6.07, 6.45) is 1.24. The fraction of sp³-hybridized carbons (Fsp3) is 0.263. The molecule has 0 unspecified atom stereocenters. The molecular formula is C19H18BrN3O3S. The molecule has 1 N–H and O–H groups in total. The van der Waals surface area contributed by atoms with Crippen LogP contribution >= 0.6 is 15.9 Å². The predicted molar refractivity (Wildman–Crippen MR) is 105 cm³/mol. The van der Waals surface area contributed by atoms with Crippen molar-refractivity contribution in [1.82, 2.24) is 4.31 Å². The molecule has 1 atom stereocenters. The summed E-state index contributed by atoms with van der Waals surface area (Å²) in [7, 11) is -3.64. The van der Waals surface area contributed by atoms with Crippen LogP contribution in [-0.2, 0) is 14.8 Å². The molecule has 1 amide bonds. The van der Waals surface area contributed by atoms with Gasteiger partial charge in [0.15, 0.2) is 0 Å². The Labute approximate surface area is 167 Å². The van der Waals surface area contributed by atoms with E-state index in [4.69, 9.17) is 5.26 Å². The number of nitriles is 1. The number of anilines is 1. The zero-order valence-corrected chi connectivity index (χ0v) is 16.8. The molecule has 27 heavy (non-hydrogen) atoms. The van der Waals surface area contributed by atoms with Gasteiger partial charge in [0.2, 0.25) is 15.9 Å². The van der Waals surface area contributed by atoms with E-state index in [0.717, 1.165) is 4.47 Å². The lowest BCUT2D eigenvalue weighted by Crippen LogP contribution is -2.43. The highest BCUT2D eigenvalue weighted by Crippen LogP contribution is 2.25. The van der Waals surface area contributed by atoms with Crippen LogP contribution in [0.1, 0.15) is 18.4 Å². The first-order chi connectivity index (χ1) is 12.9. The highest BCUT2D eigenvalue weighted by atomic mass is 79.9. The molecule has 2 aromatic carbocycles. The Morgan fingerprint density at radius 2 is 1.96 bits per heavy atom. The first kappa shape index (κ1) is 19.5. The van der Waals surface area contributed by atoms with Gasteiger partial charge in [0.25, 0.3) is 0 Å². The van der Waals surface area contributed by atoms with Gasteiger partial charge in [-0.1, -0.05) is 22.0 Å². The van der Waals surface area contributed by atoms with Crippen LogP contribution in [0.5, 0.6) is 0 Å². The highest BCUT2D eigenvalue weighted by Gasteiger charge is 2.33. The van der Waals surface area contributed by atoms with Crippen LogP contribution in [0.15, 0.2) is 57.9 Å². The van der Waals surface area contributed by atoms with E-state index in [1.807, 2.05) is 6.07 Å². The lowest BCUT2D eigenvalue weighted by molar-refractivity contribution is -0.120. The summed E-state index contributed by atoms with van der Waals surface area (Å²) in [5.41, 5.74) is 0.989. The Hall–Kier alpha value is -2.21. The molecular weight excluding hydrogens is 430 g/mol. The maximum Gasteiger partial charge on any atom is 0.243 e.